The van der Waals surface area contributed by atoms with Crippen LogP contribution in [0.2, 0.25) is 0 Å². The largest absolute Gasteiger partial charge is 0.337 e. The van der Waals surface area contributed by atoms with Gasteiger partial charge in [-0.15, -0.1) is 5.10 Å². The summed E-state index contributed by atoms with van der Waals surface area (Å²) in [5.74, 6) is 0.955. The molecule has 0 bridgehead atoms. The molecule has 0 aromatic carbocycles. The van der Waals surface area contributed by atoms with Gasteiger partial charge in [0.05, 0.1) is 0 Å². The summed E-state index contributed by atoms with van der Waals surface area (Å²) >= 11 is 0. The number of nitrogens with one attached hydrogen (secondary N) is 2. The fourth-order valence-electron chi connectivity index (χ4n) is 1.95. The van der Waals surface area contributed by atoms with Gasteiger partial charge in [0.25, 0.3) is 0 Å². The van der Waals surface area contributed by atoms with E-state index >= 15 is 0 Å². The number of aromatic nitrogens is 3. The lowest BCUT2D eigenvalue weighted by Crippen LogP contribution is -2.49. The molecule has 0 saturated carbocycles. The van der Waals surface area contributed by atoms with Gasteiger partial charge < -0.3 is 10.2 Å². The normalized spacial score (nSPS) is 21.7. The molecular weight excluding hydrogens is 266 g/mol. The highest BCUT2D eigenvalue weighted by Crippen LogP contribution is 2.27. The molecule has 2 heterocycles. The number of anilines is 1. The SMILES string of the molecule is C[C@@H]1CN(c2n[nH]c(C(C)(C)S(C)(=O)=O)n2)CCN1. The molecule has 0 radical (unpaired) electrons. The van der Waals surface area contributed by atoms with E-state index in [9.17, 15) is 8.42 Å². The number of nitrogens with zero attached hydrogens (tertiary/aromatic N) is 3. The quantitative estimate of drug-likeness (QED) is 0.805. The van der Waals surface area contributed by atoms with E-state index in [-0.39, 0.29) is 0 Å². The zero-order valence-electron chi connectivity index (χ0n) is 11.8. The monoisotopic (exact) mass is 287 g/mol. The Morgan fingerprint density at radius 1 is 1.42 bits per heavy atom. The molecule has 1 aliphatic rings. The van der Waals surface area contributed by atoms with E-state index in [2.05, 4.69) is 32.3 Å². The molecule has 2 rings (SSSR count). The van der Waals surface area contributed by atoms with Gasteiger partial charge in [0.2, 0.25) is 5.95 Å². The maximum Gasteiger partial charge on any atom is 0.244 e. The Morgan fingerprint density at radius 2 is 2.11 bits per heavy atom. The molecule has 8 heteroatoms. The highest BCUT2D eigenvalue weighted by molar-refractivity contribution is 7.91. The molecule has 1 aromatic rings. The fraction of sp³-hybridized carbons (Fsp3) is 0.818. The molecule has 0 unspecified atom stereocenters. The Labute approximate surface area is 113 Å². The summed E-state index contributed by atoms with van der Waals surface area (Å²) in [6, 6.07) is 0.374. The van der Waals surface area contributed by atoms with E-state index in [0.29, 0.717) is 17.8 Å². The number of piperazine rings is 1. The smallest absolute Gasteiger partial charge is 0.244 e. The van der Waals surface area contributed by atoms with E-state index in [0.717, 1.165) is 19.6 Å². The van der Waals surface area contributed by atoms with E-state index < -0.39 is 14.6 Å². The van der Waals surface area contributed by atoms with Crippen molar-refractivity contribution in [2.45, 2.75) is 31.6 Å². The van der Waals surface area contributed by atoms with Crippen molar-refractivity contribution in [3.63, 3.8) is 0 Å². The molecule has 2 N–H and O–H groups in total. The Morgan fingerprint density at radius 3 is 2.68 bits per heavy atom. The summed E-state index contributed by atoms with van der Waals surface area (Å²) in [5.41, 5.74) is 0. The lowest BCUT2D eigenvalue weighted by molar-refractivity contribution is 0.479. The highest BCUT2D eigenvalue weighted by atomic mass is 32.2. The average molecular weight is 287 g/mol. The van der Waals surface area contributed by atoms with Crippen LogP contribution in [0.4, 0.5) is 5.95 Å². The third kappa shape index (κ3) is 2.74. The molecule has 1 aliphatic heterocycles. The van der Waals surface area contributed by atoms with Crippen LogP contribution in [0.15, 0.2) is 0 Å². The summed E-state index contributed by atoms with van der Waals surface area (Å²) in [6.07, 6.45) is 1.21. The zero-order chi connectivity index (χ0) is 14.3. The van der Waals surface area contributed by atoms with Crippen molar-refractivity contribution in [1.29, 1.82) is 0 Å². The Hall–Kier alpha value is -1.15. The molecule has 0 amide bonds. The molecule has 7 nitrogen and oxygen atoms in total. The molecule has 1 fully saturated rings. The molecule has 1 saturated heterocycles. The third-order valence-corrected chi connectivity index (χ3v) is 5.67. The number of hydrogen-bond acceptors (Lipinski definition) is 6. The second-order valence-electron chi connectivity index (χ2n) is 5.57. The van der Waals surface area contributed by atoms with Crippen molar-refractivity contribution in [2.24, 2.45) is 0 Å². The summed E-state index contributed by atoms with van der Waals surface area (Å²) < 4.78 is 22.5. The molecule has 0 spiro atoms. The molecule has 1 aromatic heterocycles. The van der Waals surface area contributed by atoms with Gasteiger partial charge in [-0.25, -0.2) is 8.42 Å². The Kier molecular flexibility index (Phi) is 3.57. The summed E-state index contributed by atoms with van der Waals surface area (Å²) in [4.78, 5) is 6.41. The number of aromatic amines is 1. The van der Waals surface area contributed by atoms with Gasteiger partial charge in [-0.2, -0.15) is 4.98 Å². The predicted octanol–water partition coefficient (Wildman–Crippen LogP) is -0.117. The Balaban J connectivity index is 2.24. The topological polar surface area (TPSA) is 91.0 Å². The van der Waals surface area contributed by atoms with Crippen LogP contribution in [0.25, 0.3) is 0 Å². The first-order chi connectivity index (χ1) is 8.72. The number of H-pyrrole nitrogens is 1. The summed E-state index contributed by atoms with van der Waals surface area (Å²) in [7, 11) is -3.25. The standard InChI is InChI=1S/C11H21N5O2S/c1-8-7-16(6-5-12-8)10-13-9(14-15-10)11(2,3)19(4,17)18/h8,12H,5-7H2,1-4H3,(H,13,14,15)/t8-/m1/s1. The van der Waals surface area contributed by atoms with Crippen LogP contribution in [-0.4, -0.2) is 55.5 Å². The van der Waals surface area contributed by atoms with E-state index in [1.165, 1.54) is 6.26 Å². The molecular formula is C11H21N5O2S. The van der Waals surface area contributed by atoms with Crippen LogP contribution in [0.3, 0.4) is 0 Å². The van der Waals surface area contributed by atoms with Gasteiger partial charge in [-0.1, -0.05) is 0 Å². The van der Waals surface area contributed by atoms with Crippen molar-refractivity contribution in [2.75, 3.05) is 30.8 Å². The fourth-order valence-corrected chi connectivity index (χ4v) is 2.40. The molecule has 108 valence electrons. The van der Waals surface area contributed by atoms with Crippen LogP contribution >= 0.6 is 0 Å². The van der Waals surface area contributed by atoms with E-state index in [4.69, 9.17) is 0 Å². The van der Waals surface area contributed by atoms with Crippen LogP contribution in [-0.2, 0) is 14.6 Å². The minimum absolute atomic E-state index is 0.374. The van der Waals surface area contributed by atoms with Crippen LogP contribution < -0.4 is 10.2 Å². The minimum Gasteiger partial charge on any atom is -0.337 e. The zero-order valence-corrected chi connectivity index (χ0v) is 12.6. The highest BCUT2D eigenvalue weighted by Gasteiger charge is 2.36. The van der Waals surface area contributed by atoms with Crippen LogP contribution in [0.1, 0.15) is 26.6 Å². The number of sulfone groups is 1. The van der Waals surface area contributed by atoms with Crippen molar-refractivity contribution < 1.29 is 8.42 Å². The maximum absolute atomic E-state index is 11.8. The van der Waals surface area contributed by atoms with Gasteiger partial charge >= 0.3 is 0 Å². The Bertz CT molecular complexity index is 551. The first-order valence-corrected chi connectivity index (χ1v) is 8.22. The predicted molar refractivity (Wildman–Crippen MR) is 73.9 cm³/mol. The molecule has 1 atom stereocenters. The van der Waals surface area contributed by atoms with E-state index in [1.54, 1.807) is 13.8 Å². The summed E-state index contributed by atoms with van der Waals surface area (Å²) in [6.45, 7) is 7.87. The lowest BCUT2D eigenvalue weighted by Gasteiger charge is -2.30. The van der Waals surface area contributed by atoms with Crippen molar-refractivity contribution in [3.05, 3.63) is 5.82 Å². The number of rotatable bonds is 3. The van der Waals surface area contributed by atoms with Gasteiger partial charge in [-0.05, 0) is 20.8 Å². The van der Waals surface area contributed by atoms with Crippen LogP contribution in [0, 0.1) is 0 Å². The molecule has 0 aliphatic carbocycles. The van der Waals surface area contributed by atoms with Gasteiger partial charge in [0, 0.05) is 31.9 Å². The minimum atomic E-state index is -3.25. The number of hydrogen-bond donors (Lipinski definition) is 2. The van der Waals surface area contributed by atoms with Crippen LogP contribution in [0.5, 0.6) is 0 Å². The van der Waals surface area contributed by atoms with Crippen molar-refractivity contribution in [1.82, 2.24) is 20.5 Å². The van der Waals surface area contributed by atoms with Gasteiger partial charge in [-0.3, -0.25) is 5.10 Å². The average Bonchev–Trinajstić information content (AvgIpc) is 2.77. The first-order valence-electron chi connectivity index (χ1n) is 6.32. The van der Waals surface area contributed by atoms with Crippen molar-refractivity contribution in [3.8, 4) is 0 Å². The lowest BCUT2D eigenvalue weighted by atomic mass is 10.2. The first kappa shape index (κ1) is 14.3. The maximum atomic E-state index is 11.8. The van der Waals surface area contributed by atoms with Gasteiger partial charge in [0.15, 0.2) is 9.84 Å². The molecule has 19 heavy (non-hydrogen) atoms. The van der Waals surface area contributed by atoms with Crippen molar-refractivity contribution >= 4 is 15.8 Å². The second kappa shape index (κ2) is 4.75. The third-order valence-electron chi connectivity index (χ3n) is 3.62. The van der Waals surface area contributed by atoms with E-state index in [1.807, 2.05) is 0 Å². The summed E-state index contributed by atoms with van der Waals surface area (Å²) in [5, 5.41) is 10.3. The second-order valence-corrected chi connectivity index (χ2v) is 8.13. The van der Waals surface area contributed by atoms with Gasteiger partial charge in [0.1, 0.15) is 10.6 Å².